The molecule has 30 heavy (non-hydrogen) atoms. The standard InChI is InChI=1S/C24H19BN2O3/c28-25(29)30-20-15-16-23-24(17-20)27(19-11-5-2-6-12-19)22-14-8-7-13-21(22)26(23)18-9-3-1-4-10-18/h1-17,28-29H. The molecule has 0 saturated heterocycles. The Balaban J connectivity index is 1.77. The van der Waals surface area contributed by atoms with Gasteiger partial charge in [0.2, 0.25) is 0 Å². The molecule has 0 spiro atoms. The van der Waals surface area contributed by atoms with Gasteiger partial charge in [-0.3, -0.25) is 0 Å². The molecular formula is C24H19BN2O3. The quantitative estimate of drug-likeness (QED) is 0.406. The zero-order valence-corrected chi connectivity index (χ0v) is 16.1. The summed E-state index contributed by atoms with van der Waals surface area (Å²) in [6.07, 6.45) is 0. The summed E-state index contributed by atoms with van der Waals surface area (Å²) < 4.78 is 5.16. The molecule has 0 atom stereocenters. The maximum atomic E-state index is 9.29. The molecule has 1 heterocycles. The van der Waals surface area contributed by atoms with Crippen LogP contribution in [0.2, 0.25) is 0 Å². The van der Waals surface area contributed by atoms with Crippen molar-refractivity contribution in [1.82, 2.24) is 0 Å². The molecule has 1 aliphatic rings. The summed E-state index contributed by atoms with van der Waals surface area (Å²) in [5.41, 5.74) is 5.94. The first-order chi connectivity index (χ1) is 14.7. The molecular weight excluding hydrogens is 375 g/mol. The first-order valence-electron chi connectivity index (χ1n) is 9.68. The van der Waals surface area contributed by atoms with E-state index in [-0.39, 0.29) is 0 Å². The molecule has 0 amide bonds. The lowest BCUT2D eigenvalue weighted by atomic mass is 10.0. The molecule has 4 aromatic carbocycles. The first kappa shape index (κ1) is 18.3. The van der Waals surface area contributed by atoms with Gasteiger partial charge >= 0.3 is 7.32 Å². The Morgan fingerprint density at radius 2 is 1.00 bits per heavy atom. The van der Waals surface area contributed by atoms with Crippen molar-refractivity contribution in [3.05, 3.63) is 103 Å². The molecule has 146 valence electrons. The van der Waals surface area contributed by atoms with Crippen LogP contribution >= 0.6 is 0 Å². The fraction of sp³-hybridized carbons (Fsp3) is 0. The average Bonchev–Trinajstić information content (AvgIpc) is 2.78. The summed E-state index contributed by atoms with van der Waals surface area (Å²) in [7, 11) is -1.88. The molecule has 0 radical (unpaired) electrons. The molecule has 1 aliphatic heterocycles. The third-order valence-corrected chi connectivity index (χ3v) is 5.06. The van der Waals surface area contributed by atoms with Crippen LogP contribution in [0.15, 0.2) is 103 Å². The summed E-state index contributed by atoms with van der Waals surface area (Å²) in [6, 6.07) is 34.0. The van der Waals surface area contributed by atoms with Crippen molar-refractivity contribution in [2.24, 2.45) is 0 Å². The molecule has 0 fully saturated rings. The lowest BCUT2D eigenvalue weighted by Gasteiger charge is -2.40. The van der Waals surface area contributed by atoms with E-state index in [0.29, 0.717) is 5.75 Å². The first-order valence-corrected chi connectivity index (χ1v) is 9.68. The minimum absolute atomic E-state index is 0.372. The summed E-state index contributed by atoms with van der Waals surface area (Å²) in [5.74, 6) is 0.372. The van der Waals surface area contributed by atoms with Crippen LogP contribution in [0, 0.1) is 0 Å². The van der Waals surface area contributed by atoms with Crippen molar-refractivity contribution in [3.63, 3.8) is 0 Å². The monoisotopic (exact) mass is 394 g/mol. The van der Waals surface area contributed by atoms with Crippen molar-refractivity contribution in [2.45, 2.75) is 0 Å². The van der Waals surface area contributed by atoms with Crippen LogP contribution in [0.4, 0.5) is 34.1 Å². The lowest BCUT2D eigenvalue weighted by molar-refractivity contribution is 0.288. The number of rotatable bonds is 4. The second-order valence-corrected chi connectivity index (χ2v) is 6.93. The van der Waals surface area contributed by atoms with Crippen LogP contribution in [-0.4, -0.2) is 17.4 Å². The molecule has 0 saturated carbocycles. The van der Waals surface area contributed by atoms with Gasteiger partial charge in [0.1, 0.15) is 5.75 Å². The van der Waals surface area contributed by atoms with Crippen molar-refractivity contribution >= 4 is 41.4 Å². The zero-order valence-electron chi connectivity index (χ0n) is 16.1. The van der Waals surface area contributed by atoms with E-state index in [9.17, 15) is 10.0 Å². The van der Waals surface area contributed by atoms with E-state index in [1.54, 1.807) is 6.07 Å². The van der Waals surface area contributed by atoms with Gasteiger partial charge in [-0.25, -0.2) is 0 Å². The highest BCUT2D eigenvalue weighted by Crippen LogP contribution is 2.54. The highest BCUT2D eigenvalue weighted by atomic mass is 16.6. The van der Waals surface area contributed by atoms with Gasteiger partial charge in [0.15, 0.2) is 0 Å². The van der Waals surface area contributed by atoms with Gasteiger partial charge in [-0.05, 0) is 48.5 Å². The smallest absolute Gasteiger partial charge is 0.512 e. The third-order valence-electron chi connectivity index (χ3n) is 5.06. The molecule has 0 unspecified atom stereocenters. The van der Waals surface area contributed by atoms with Crippen molar-refractivity contribution in [3.8, 4) is 5.75 Å². The SMILES string of the molecule is OB(O)Oc1ccc2c(c1)N(c1ccccc1)c1ccccc1N2c1ccccc1. The zero-order chi connectivity index (χ0) is 20.5. The summed E-state index contributed by atoms with van der Waals surface area (Å²) in [4.78, 5) is 4.35. The maximum absolute atomic E-state index is 9.29. The Hall–Kier alpha value is -3.74. The van der Waals surface area contributed by atoms with Gasteiger partial charge in [-0.15, -0.1) is 0 Å². The Morgan fingerprint density at radius 3 is 1.53 bits per heavy atom. The van der Waals surface area contributed by atoms with Crippen LogP contribution in [0.25, 0.3) is 0 Å². The predicted octanol–water partition coefficient (Wildman–Crippen LogP) is 5.29. The molecule has 0 aliphatic carbocycles. The minimum atomic E-state index is -1.88. The van der Waals surface area contributed by atoms with E-state index < -0.39 is 7.32 Å². The second-order valence-electron chi connectivity index (χ2n) is 6.93. The van der Waals surface area contributed by atoms with Gasteiger partial charge in [-0.2, -0.15) is 0 Å². The summed E-state index contributed by atoms with van der Waals surface area (Å²) in [5, 5.41) is 18.6. The molecule has 2 N–H and O–H groups in total. The minimum Gasteiger partial charge on any atom is -0.512 e. The largest absolute Gasteiger partial charge is 0.707 e. The average molecular weight is 394 g/mol. The predicted molar refractivity (Wildman–Crippen MR) is 120 cm³/mol. The molecule has 6 heteroatoms. The van der Waals surface area contributed by atoms with Gasteiger partial charge in [0.25, 0.3) is 0 Å². The number of hydrogen-bond acceptors (Lipinski definition) is 5. The topological polar surface area (TPSA) is 56.2 Å². The maximum Gasteiger partial charge on any atom is 0.707 e. The van der Waals surface area contributed by atoms with E-state index in [1.807, 2.05) is 72.8 Å². The Bertz CT molecular complexity index is 1170. The lowest BCUT2D eigenvalue weighted by Crippen LogP contribution is -2.25. The van der Waals surface area contributed by atoms with E-state index in [0.717, 1.165) is 34.1 Å². The molecule has 5 nitrogen and oxygen atoms in total. The van der Waals surface area contributed by atoms with Gasteiger partial charge in [0, 0.05) is 17.4 Å². The van der Waals surface area contributed by atoms with Crippen LogP contribution in [0.3, 0.4) is 0 Å². The Morgan fingerprint density at radius 1 is 0.533 bits per heavy atom. The number of hydrogen-bond donors (Lipinski definition) is 2. The van der Waals surface area contributed by atoms with Crippen molar-refractivity contribution < 1.29 is 14.7 Å². The van der Waals surface area contributed by atoms with Gasteiger partial charge in [0.05, 0.1) is 22.7 Å². The number of benzene rings is 4. The van der Waals surface area contributed by atoms with Gasteiger partial charge in [-0.1, -0.05) is 48.5 Å². The van der Waals surface area contributed by atoms with Crippen LogP contribution in [0.5, 0.6) is 5.75 Å². The summed E-state index contributed by atoms with van der Waals surface area (Å²) >= 11 is 0. The summed E-state index contributed by atoms with van der Waals surface area (Å²) in [6.45, 7) is 0. The fourth-order valence-electron chi connectivity index (χ4n) is 3.88. The van der Waals surface area contributed by atoms with E-state index >= 15 is 0 Å². The molecule has 0 bridgehead atoms. The highest BCUT2D eigenvalue weighted by molar-refractivity contribution is 6.33. The number of fused-ring (bicyclic) bond motifs is 2. The van der Waals surface area contributed by atoms with Gasteiger partial charge < -0.3 is 24.5 Å². The third kappa shape index (κ3) is 3.18. The Kier molecular flexibility index (Phi) is 4.63. The number of anilines is 6. The van der Waals surface area contributed by atoms with E-state index in [4.69, 9.17) is 4.65 Å². The number of nitrogens with zero attached hydrogens (tertiary/aromatic N) is 2. The van der Waals surface area contributed by atoms with E-state index in [2.05, 4.69) is 34.1 Å². The van der Waals surface area contributed by atoms with Crippen molar-refractivity contribution in [1.29, 1.82) is 0 Å². The molecule has 4 aromatic rings. The normalized spacial score (nSPS) is 12.2. The fourth-order valence-corrected chi connectivity index (χ4v) is 3.88. The van der Waals surface area contributed by atoms with Crippen LogP contribution < -0.4 is 14.5 Å². The van der Waals surface area contributed by atoms with E-state index in [1.165, 1.54) is 0 Å². The number of para-hydroxylation sites is 4. The van der Waals surface area contributed by atoms with Crippen LogP contribution in [-0.2, 0) is 0 Å². The highest BCUT2D eigenvalue weighted by Gasteiger charge is 2.30. The Labute approximate surface area is 175 Å². The molecule has 0 aromatic heterocycles. The molecule has 5 rings (SSSR count). The van der Waals surface area contributed by atoms with Crippen LogP contribution in [0.1, 0.15) is 0 Å². The second kappa shape index (κ2) is 7.59. The van der Waals surface area contributed by atoms with Crippen molar-refractivity contribution in [2.75, 3.05) is 9.80 Å².